The molecule has 0 saturated heterocycles. The van der Waals surface area contributed by atoms with Gasteiger partial charge in [0.1, 0.15) is 5.69 Å². The van der Waals surface area contributed by atoms with E-state index in [9.17, 15) is 19.7 Å². The van der Waals surface area contributed by atoms with Crippen LogP contribution < -0.4 is 10.6 Å². The van der Waals surface area contributed by atoms with E-state index >= 15 is 0 Å². The van der Waals surface area contributed by atoms with Crippen LogP contribution in [0.5, 0.6) is 0 Å². The number of benzene rings is 2. The molecule has 0 atom stereocenters. The third-order valence-corrected chi connectivity index (χ3v) is 3.64. The van der Waals surface area contributed by atoms with E-state index in [-0.39, 0.29) is 11.3 Å². The summed E-state index contributed by atoms with van der Waals surface area (Å²) in [4.78, 5) is 34.5. The first kappa shape index (κ1) is 19.9. The number of nitrogens with zero attached hydrogens (tertiary/aromatic N) is 1. The van der Waals surface area contributed by atoms with Crippen molar-refractivity contribution in [2.45, 2.75) is 0 Å². The van der Waals surface area contributed by atoms with Crippen LogP contribution in [0, 0.1) is 10.1 Å². The standard InChI is InChI=1S/C18H19N3O6/c1-26-10-9-19-15-8-5-13(11-16(15)21(24)25)17(22)20-14-6-3-12(4-7-14)18(23)27-2/h3-8,11,19H,9-10H2,1-2H3,(H,20,22). The van der Waals surface area contributed by atoms with Gasteiger partial charge in [0.25, 0.3) is 11.6 Å². The second-order valence-corrected chi connectivity index (χ2v) is 5.43. The van der Waals surface area contributed by atoms with E-state index in [1.54, 1.807) is 12.1 Å². The topological polar surface area (TPSA) is 120 Å². The predicted octanol–water partition coefficient (Wildman–Crippen LogP) is 2.69. The van der Waals surface area contributed by atoms with Crippen molar-refractivity contribution < 1.29 is 24.0 Å². The highest BCUT2D eigenvalue weighted by Gasteiger charge is 2.17. The average molecular weight is 373 g/mol. The molecule has 0 heterocycles. The van der Waals surface area contributed by atoms with Gasteiger partial charge in [-0.3, -0.25) is 14.9 Å². The van der Waals surface area contributed by atoms with Gasteiger partial charge in [-0.25, -0.2) is 4.79 Å². The molecule has 2 rings (SSSR count). The number of anilines is 2. The summed E-state index contributed by atoms with van der Waals surface area (Å²) in [5, 5.41) is 16.8. The molecule has 2 aromatic carbocycles. The molecule has 9 heteroatoms. The van der Waals surface area contributed by atoms with Crippen LogP contribution in [-0.4, -0.2) is 44.2 Å². The molecule has 1 amide bonds. The van der Waals surface area contributed by atoms with Gasteiger partial charge >= 0.3 is 5.97 Å². The molecule has 0 radical (unpaired) electrons. The quantitative estimate of drug-likeness (QED) is 0.316. The van der Waals surface area contributed by atoms with Crippen LogP contribution in [0.2, 0.25) is 0 Å². The van der Waals surface area contributed by atoms with Gasteiger partial charge in [0.05, 0.1) is 24.2 Å². The fourth-order valence-corrected chi connectivity index (χ4v) is 2.27. The molecule has 0 unspecified atom stereocenters. The molecule has 142 valence electrons. The van der Waals surface area contributed by atoms with E-state index in [1.165, 1.54) is 44.6 Å². The van der Waals surface area contributed by atoms with Gasteiger partial charge < -0.3 is 20.1 Å². The Morgan fingerprint density at radius 3 is 2.33 bits per heavy atom. The fourth-order valence-electron chi connectivity index (χ4n) is 2.27. The molecule has 0 aliphatic heterocycles. The summed E-state index contributed by atoms with van der Waals surface area (Å²) in [5.74, 6) is -0.993. The molecule has 0 fully saturated rings. The minimum absolute atomic E-state index is 0.135. The summed E-state index contributed by atoms with van der Waals surface area (Å²) < 4.78 is 9.50. The highest BCUT2D eigenvalue weighted by atomic mass is 16.6. The molecular weight excluding hydrogens is 354 g/mol. The highest BCUT2D eigenvalue weighted by molar-refractivity contribution is 6.05. The lowest BCUT2D eigenvalue weighted by molar-refractivity contribution is -0.384. The van der Waals surface area contributed by atoms with E-state index < -0.39 is 16.8 Å². The lowest BCUT2D eigenvalue weighted by Gasteiger charge is -2.09. The number of nitro groups is 1. The number of nitro benzene ring substituents is 1. The number of amides is 1. The third kappa shape index (κ3) is 5.25. The maximum Gasteiger partial charge on any atom is 0.337 e. The van der Waals surface area contributed by atoms with Crippen molar-refractivity contribution in [2.24, 2.45) is 0 Å². The van der Waals surface area contributed by atoms with Crippen LogP contribution in [0.3, 0.4) is 0 Å². The zero-order valence-corrected chi connectivity index (χ0v) is 14.9. The minimum atomic E-state index is -0.558. The van der Waals surface area contributed by atoms with Crippen LogP contribution in [-0.2, 0) is 9.47 Å². The first-order valence-electron chi connectivity index (χ1n) is 7.97. The Morgan fingerprint density at radius 2 is 1.74 bits per heavy atom. The van der Waals surface area contributed by atoms with Gasteiger partial charge in [0, 0.05) is 31.0 Å². The third-order valence-electron chi connectivity index (χ3n) is 3.64. The van der Waals surface area contributed by atoms with Crippen molar-refractivity contribution in [1.29, 1.82) is 0 Å². The van der Waals surface area contributed by atoms with Crippen LogP contribution in [0.15, 0.2) is 42.5 Å². The Hall–Kier alpha value is -3.46. The largest absolute Gasteiger partial charge is 0.465 e. The van der Waals surface area contributed by atoms with Gasteiger partial charge in [-0.05, 0) is 36.4 Å². The maximum absolute atomic E-state index is 12.4. The number of carbonyl (C=O) groups is 2. The lowest BCUT2D eigenvalue weighted by Crippen LogP contribution is -2.14. The number of hydrogen-bond acceptors (Lipinski definition) is 7. The predicted molar refractivity (Wildman–Crippen MR) is 99.2 cm³/mol. The fraction of sp³-hybridized carbons (Fsp3) is 0.222. The second-order valence-electron chi connectivity index (χ2n) is 5.43. The molecule has 2 aromatic rings. The first-order chi connectivity index (χ1) is 13.0. The molecule has 0 aromatic heterocycles. The van der Waals surface area contributed by atoms with Crippen molar-refractivity contribution in [3.8, 4) is 0 Å². The van der Waals surface area contributed by atoms with Crippen molar-refractivity contribution in [3.05, 3.63) is 63.7 Å². The Balaban J connectivity index is 2.14. The van der Waals surface area contributed by atoms with Crippen LogP contribution in [0.25, 0.3) is 0 Å². The zero-order chi connectivity index (χ0) is 19.8. The maximum atomic E-state index is 12.4. The summed E-state index contributed by atoms with van der Waals surface area (Å²) in [6.45, 7) is 0.788. The van der Waals surface area contributed by atoms with Gasteiger partial charge in [-0.2, -0.15) is 0 Å². The number of carbonyl (C=O) groups excluding carboxylic acids is 2. The first-order valence-corrected chi connectivity index (χ1v) is 7.97. The van der Waals surface area contributed by atoms with Crippen molar-refractivity contribution in [1.82, 2.24) is 0 Å². The van der Waals surface area contributed by atoms with Crippen LogP contribution >= 0.6 is 0 Å². The molecule has 27 heavy (non-hydrogen) atoms. The molecule has 0 aliphatic rings. The number of esters is 1. The molecule has 9 nitrogen and oxygen atoms in total. The number of nitrogens with one attached hydrogen (secondary N) is 2. The number of hydrogen-bond donors (Lipinski definition) is 2. The average Bonchev–Trinajstić information content (AvgIpc) is 2.68. The summed E-state index contributed by atoms with van der Waals surface area (Å²) in [6, 6.07) is 10.3. The van der Waals surface area contributed by atoms with Gasteiger partial charge in [-0.1, -0.05) is 0 Å². The van der Waals surface area contributed by atoms with E-state index in [1.807, 2.05) is 0 Å². The van der Waals surface area contributed by atoms with E-state index in [0.29, 0.717) is 30.1 Å². The Bertz CT molecular complexity index is 835. The smallest absolute Gasteiger partial charge is 0.337 e. The Morgan fingerprint density at radius 1 is 1.07 bits per heavy atom. The van der Waals surface area contributed by atoms with Gasteiger partial charge in [0.2, 0.25) is 0 Å². The number of ether oxygens (including phenoxy) is 2. The second kappa shape index (κ2) is 9.30. The summed E-state index contributed by atoms with van der Waals surface area (Å²) in [7, 11) is 2.81. The molecule has 0 aliphatic carbocycles. The normalized spacial score (nSPS) is 10.1. The molecule has 0 spiro atoms. The molecule has 2 N–H and O–H groups in total. The Kier molecular flexibility index (Phi) is 6.84. The van der Waals surface area contributed by atoms with Gasteiger partial charge in [0.15, 0.2) is 0 Å². The van der Waals surface area contributed by atoms with Crippen LogP contribution in [0.4, 0.5) is 17.1 Å². The lowest BCUT2D eigenvalue weighted by atomic mass is 10.1. The van der Waals surface area contributed by atoms with Crippen LogP contribution in [0.1, 0.15) is 20.7 Å². The zero-order valence-electron chi connectivity index (χ0n) is 14.9. The van der Waals surface area contributed by atoms with Gasteiger partial charge in [-0.15, -0.1) is 0 Å². The summed E-state index contributed by atoms with van der Waals surface area (Å²) in [6.07, 6.45) is 0. The SMILES string of the molecule is COCCNc1ccc(C(=O)Nc2ccc(C(=O)OC)cc2)cc1[N+](=O)[O-]. The molecule has 0 saturated carbocycles. The van der Waals surface area contributed by atoms with Crippen molar-refractivity contribution in [3.63, 3.8) is 0 Å². The van der Waals surface area contributed by atoms with Crippen molar-refractivity contribution in [2.75, 3.05) is 38.0 Å². The number of methoxy groups -OCH3 is 2. The van der Waals surface area contributed by atoms with Crippen molar-refractivity contribution >= 4 is 28.9 Å². The molecule has 0 bridgehead atoms. The number of rotatable bonds is 8. The highest BCUT2D eigenvalue weighted by Crippen LogP contribution is 2.26. The minimum Gasteiger partial charge on any atom is -0.465 e. The molecular formula is C18H19N3O6. The Labute approximate surface area is 155 Å². The van der Waals surface area contributed by atoms with E-state index in [0.717, 1.165) is 0 Å². The van der Waals surface area contributed by atoms with E-state index in [4.69, 9.17) is 4.74 Å². The summed E-state index contributed by atoms with van der Waals surface area (Å²) in [5.41, 5.74) is 1.02. The monoisotopic (exact) mass is 373 g/mol. The summed E-state index contributed by atoms with van der Waals surface area (Å²) >= 11 is 0. The van der Waals surface area contributed by atoms with E-state index in [2.05, 4.69) is 15.4 Å².